The summed E-state index contributed by atoms with van der Waals surface area (Å²) in [6, 6.07) is 23.9. The van der Waals surface area contributed by atoms with Crippen molar-refractivity contribution in [3.63, 3.8) is 0 Å². The average molecular weight is 326 g/mol. The largest absolute Gasteiger partial charge is 0.466 e. The van der Waals surface area contributed by atoms with Gasteiger partial charge in [-0.25, -0.2) is 4.79 Å². The van der Waals surface area contributed by atoms with Crippen LogP contribution in [0.25, 0.3) is 10.8 Å². The van der Waals surface area contributed by atoms with Crippen molar-refractivity contribution in [2.24, 2.45) is 0 Å². The molecule has 0 saturated carbocycles. The number of hydrogen-bond acceptors (Lipinski definition) is 2. The smallest absolute Gasteiger partial charge is 0.334 e. The maximum atomic E-state index is 11.9. The first-order valence-electron chi connectivity index (χ1n) is 8.01. The normalized spacial score (nSPS) is 11.2. The Morgan fingerprint density at radius 3 is 2.36 bits per heavy atom. The summed E-state index contributed by atoms with van der Waals surface area (Å²) in [5.41, 5.74) is 2.16. The first-order valence-corrected chi connectivity index (χ1v) is 8.01. The van der Waals surface area contributed by atoms with E-state index >= 15 is 0 Å². The van der Waals surface area contributed by atoms with Crippen molar-refractivity contribution in [1.29, 1.82) is 0 Å². The van der Waals surface area contributed by atoms with Crippen LogP contribution in [0.15, 0.2) is 84.9 Å². The molecule has 3 rings (SSSR count). The molecule has 0 amide bonds. The first kappa shape index (κ1) is 16.5. The molecule has 0 aliphatic heterocycles. The van der Waals surface area contributed by atoms with Gasteiger partial charge in [-0.05, 0) is 28.5 Å². The van der Waals surface area contributed by atoms with Crippen LogP contribution in [-0.2, 0) is 9.53 Å². The van der Waals surface area contributed by atoms with Crippen LogP contribution in [0, 0.1) is 11.8 Å². The van der Waals surface area contributed by atoms with Gasteiger partial charge in [0.25, 0.3) is 0 Å². The number of ether oxygens (including phenoxy) is 1. The molecule has 0 fully saturated rings. The Morgan fingerprint density at radius 2 is 1.64 bits per heavy atom. The van der Waals surface area contributed by atoms with E-state index in [1.54, 1.807) is 0 Å². The summed E-state index contributed by atoms with van der Waals surface area (Å²) < 4.78 is 4.82. The van der Waals surface area contributed by atoms with Crippen molar-refractivity contribution in [3.8, 4) is 11.8 Å². The van der Waals surface area contributed by atoms with Crippen molar-refractivity contribution < 1.29 is 9.53 Å². The molecule has 0 unspecified atom stereocenters. The molecule has 0 radical (unpaired) electrons. The molecule has 1 atom stereocenters. The monoisotopic (exact) mass is 326 g/mol. The highest BCUT2D eigenvalue weighted by atomic mass is 16.5. The van der Waals surface area contributed by atoms with E-state index in [1.807, 2.05) is 60.7 Å². The number of esters is 1. The Balaban J connectivity index is 1.98. The Bertz CT molecular complexity index is 975. The molecule has 0 aliphatic rings. The van der Waals surface area contributed by atoms with Crippen molar-refractivity contribution in [2.75, 3.05) is 7.11 Å². The van der Waals surface area contributed by atoms with E-state index in [4.69, 9.17) is 4.74 Å². The van der Waals surface area contributed by atoms with Crippen LogP contribution < -0.4 is 0 Å². The van der Waals surface area contributed by atoms with E-state index in [0.29, 0.717) is 5.57 Å². The van der Waals surface area contributed by atoms with Crippen LogP contribution in [0.1, 0.15) is 17.0 Å². The Morgan fingerprint density at radius 1 is 0.960 bits per heavy atom. The zero-order chi connectivity index (χ0) is 17.6. The third kappa shape index (κ3) is 3.79. The van der Waals surface area contributed by atoms with Crippen molar-refractivity contribution in [1.82, 2.24) is 0 Å². The molecule has 122 valence electrons. The molecule has 0 aliphatic carbocycles. The van der Waals surface area contributed by atoms with Gasteiger partial charge in [0.1, 0.15) is 0 Å². The van der Waals surface area contributed by atoms with E-state index in [2.05, 4.69) is 30.6 Å². The summed E-state index contributed by atoms with van der Waals surface area (Å²) in [4.78, 5) is 11.9. The highest BCUT2D eigenvalue weighted by Crippen LogP contribution is 2.24. The van der Waals surface area contributed by atoms with Gasteiger partial charge in [-0.2, -0.15) is 0 Å². The maximum Gasteiger partial charge on any atom is 0.334 e. The summed E-state index contributed by atoms with van der Waals surface area (Å²) in [5.74, 6) is 5.51. The average Bonchev–Trinajstić information content (AvgIpc) is 2.68. The summed E-state index contributed by atoms with van der Waals surface area (Å²) in [5, 5.41) is 2.31. The summed E-state index contributed by atoms with van der Waals surface area (Å²) in [6.45, 7) is 3.89. The third-order valence-corrected chi connectivity index (χ3v) is 4.04. The van der Waals surface area contributed by atoms with E-state index in [9.17, 15) is 4.79 Å². The minimum atomic E-state index is -0.443. The highest BCUT2D eigenvalue weighted by Gasteiger charge is 2.19. The number of fused-ring (bicyclic) bond motifs is 1. The number of rotatable bonds is 3. The maximum absolute atomic E-state index is 11.9. The number of methoxy groups -OCH3 is 1. The fourth-order valence-corrected chi connectivity index (χ4v) is 2.69. The minimum Gasteiger partial charge on any atom is -0.466 e. The van der Waals surface area contributed by atoms with E-state index in [-0.39, 0.29) is 0 Å². The molecule has 25 heavy (non-hydrogen) atoms. The predicted octanol–water partition coefficient (Wildman–Crippen LogP) is 4.70. The van der Waals surface area contributed by atoms with Gasteiger partial charge < -0.3 is 4.74 Å². The molecule has 0 heterocycles. The number of carbonyl (C=O) groups excluding carboxylic acids is 1. The second-order valence-electron chi connectivity index (χ2n) is 5.69. The molecule has 0 spiro atoms. The van der Waals surface area contributed by atoms with Crippen LogP contribution in [-0.4, -0.2) is 13.1 Å². The number of carbonyl (C=O) groups is 1. The molecule has 2 heteroatoms. The summed E-state index contributed by atoms with van der Waals surface area (Å²) >= 11 is 0. The predicted molar refractivity (Wildman–Crippen MR) is 101 cm³/mol. The third-order valence-electron chi connectivity index (χ3n) is 4.04. The van der Waals surface area contributed by atoms with Crippen LogP contribution in [0.4, 0.5) is 0 Å². The topological polar surface area (TPSA) is 26.3 Å². The Labute approximate surface area is 147 Å². The van der Waals surface area contributed by atoms with Crippen LogP contribution >= 0.6 is 0 Å². The minimum absolute atomic E-state index is 0.335. The van der Waals surface area contributed by atoms with Gasteiger partial charge in [0.05, 0.1) is 13.0 Å². The van der Waals surface area contributed by atoms with Gasteiger partial charge in [0.2, 0.25) is 0 Å². The van der Waals surface area contributed by atoms with Crippen molar-refractivity contribution in [2.45, 2.75) is 5.92 Å². The van der Waals surface area contributed by atoms with E-state index < -0.39 is 11.9 Å². The van der Waals surface area contributed by atoms with Crippen molar-refractivity contribution in [3.05, 3.63) is 96.1 Å². The first-order chi connectivity index (χ1) is 12.2. The molecule has 0 aromatic heterocycles. The standard InChI is InChI=1S/C23H18O2/c1-17(23(24)25-2)22(20-9-4-3-5-10-20)15-13-18-12-14-19-8-6-7-11-21(19)16-18/h3-12,14,16,22H,1H2,2H3/t22-/m0/s1. The van der Waals surface area contributed by atoms with Crippen LogP contribution in [0.5, 0.6) is 0 Å². The lowest BCUT2D eigenvalue weighted by Crippen LogP contribution is -2.11. The molecular formula is C23H18O2. The van der Waals surface area contributed by atoms with Gasteiger partial charge in [0, 0.05) is 11.1 Å². The molecule has 2 nitrogen and oxygen atoms in total. The summed E-state index contributed by atoms with van der Waals surface area (Å²) in [7, 11) is 1.35. The Kier molecular flexibility index (Phi) is 4.97. The lowest BCUT2D eigenvalue weighted by Gasteiger charge is -2.12. The SMILES string of the molecule is C=C(C(=O)OC)[C@H](C#Cc1ccc2ccccc2c1)c1ccccc1. The fraction of sp³-hybridized carbons (Fsp3) is 0.0870. The molecule has 3 aromatic rings. The fourth-order valence-electron chi connectivity index (χ4n) is 2.69. The molecule has 0 N–H and O–H groups in total. The molecular weight excluding hydrogens is 308 g/mol. The van der Waals surface area contributed by atoms with Crippen LogP contribution in [0.2, 0.25) is 0 Å². The van der Waals surface area contributed by atoms with Gasteiger partial charge in [-0.15, -0.1) is 0 Å². The Hall–Kier alpha value is -3.31. The highest BCUT2D eigenvalue weighted by molar-refractivity contribution is 5.90. The van der Waals surface area contributed by atoms with Gasteiger partial charge in [-0.3, -0.25) is 0 Å². The zero-order valence-corrected chi connectivity index (χ0v) is 14.0. The van der Waals surface area contributed by atoms with Gasteiger partial charge >= 0.3 is 5.97 Å². The molecule has 3 aromatic carbocycles. The van der Waals surface area contributed by atoms with E-state index in [1.165, 1.54) is 12.5 Å². The zero-order valence-electron chi connectivity index (χ0n) is 14.0. The second-order valence-corrected chi connectivity index (χ2v) is 5.69. The van der Waals surface area contributed by atoms with Crippen LogP contribution in [0.3, 0.4) is 0 Å². The van der Waals surface area contributed by atoms with E-state index in [0.717, 1.165) is 16.5 Å². The van der Waals surface area contributed by atoms with Gasteiger partial charge in [-0.1, -0.05) is 79.1 Å². The van der Waals surface area contributed by atoms with Crippen molar-refractivity contribution >= 4 is 16.7 Å². The second kappa shape index (κ2) is 7.51. The summed E-state index contributed by atoms with van der Waals surface area (Å²) in [6.07, 6.45) is 0. The molecule has 0 saturated heterocycles. The number of hydrogen-bond donors (Lipinski definition) is 0. The number of benzene rings is 3. The lowest BCUT2D eigenvalue weighted by atomic mass is 9.92. The lowest BCUT2D eigenvalue weighted by molar-refractivity contribution is -0.136. The quantitative estimate of drug-likeness (QED) is 0.396. The molecule has 0 bridgehead atoms. The van der Waals surface area contributed by atoms with Gasteiger partial charge in [0.15, 0.2) is 0 Å².